The molecule has 0 spiro atoms. The van der Waals surface area contributed by atoms with E-state index in [1.54, 1.807) is 37.6 Å². The van der Waals surface area contributed by atoms with Crippen molar-refractivity contribution in [3.8, 4) is 23.2 Å². The van der Waals surface area contributed by atoms with Crippen LogP contribution in [-0.4, -0.2) is 33.5 Å². The number of aromatic nitrogens is 3. The number of ether oxygens (including phenoxy) is 1. The van der Waals surface area contributed by atoms with Crippen molar-refractivity contribution in [1.29, 1.82) is 5.26 Å². The molecule has 0 saturated carbocycles. The largest absolute Gasteiger partial charge is 0.496 e. The molecule has 0 fully saturated rings. The molecule has 160 valence electrons. The van der Waals surface area contributed by atoms with Gasteiger partial charge in [-0.3, -0.25) is 9.36 Å². The van der Waals surface area contributed by atoms with Gasteiger partial charge in [0.05, 0.1) is 42.9 Å². The molecular formula is C23H19N5O3S. The third kappa shape index (κ3) is 4.82. The molecule has 8 nitrogen and oxygen atoms in total. The third-order valence-electron chi connectivity index (χ3n) is 4.57. The Kier molecular flexibility index (Phi) is 6.53. The molecule has 0 unspecified atom stereocenters. The van der Waals surface area contributed by atoms with Crippen molar-refractivity contribution in [3.63, 3.8) is 0 Å². The van der Waals surface area contributed by atoms with Gasteiger partial charge < -0.3 is 14.5 Å². The van der Waals surface area contributed by atoms with Crippen LogP contribution in [0.2, 0.25) is 0 Å². The second kappa shape index (κ2) is 9.85. The fraction of sp³-hybridized carbons (Fsp3) is 0.130. The maximum atomic E-state index is 12.5. The number of furan rings is 1. The summed E-state index contributed by atoms with van der Waals surface area (Å²) in [5, 5.41) is 21.1. The summed E-state index contributed by atoms with van der Waals surface area (Å²) in [7, 11) is 1.60. The van der Waals surface area contributed by atoms with Crippen LogP contribution in [-0.2, 0) is 11.3 Å². The summed E-state index contributed by atoms with van der Waals surface area (Å²) >= 11 is 1.26. The number of nitrogens with one attached hydrogen (secondary N) is 1. The van der Waals surface area contributed by atoms with E-state index in [1.165, 1.54) is 11.8 Å². The summed E-state index contributed by atoms with van der Waals surface area (Å²) in [5.74, 6) is 1.94. The first-order valence-electron chi connectivity index (χ1n) is 9.69. The number of benzene rings is 2. The van der Waals surface area contributed by atoms with Crippen LogP contribution in [0, 0.1) is 11.3 Å². The Labute approximate surface area is 188 Å². The molecule has 2 aromatic carbocycles. The lowest BCUT2D eigenvalue weighted by Crippen LogP contribution is -2.15. The molecule has 0 saturated heterocycles. The maximum Gasteiger partial charge on any atom is 0.234 e. The lowest BCUT2D eigenvalue weighted by molar-refractivity contribution is -0.113. The van der Waals surface area contributed by atoms with Crippen molar-refractivity contribution in [2.75, 3.05) is 18.2 Å². The molecule has 1 amide bonds. The van der Waals surface area contributed by atoms with Gasteiger partial charge in [0.15, 0.2) is 11.0 Å². The standard InChI is InChI=1S/C23H19N5O3S/c1-30-20-10-3-2-9-19(20)22-26-27-23(28(22)14-18-8-5-11-31-18)32-15-21(29)25-17-7-4-6-16(12-17)13-24/h2-12H,14-15H2,1H3,(H,25,29). The molecule has 0 aliphatic carbocycles. The number of carbonyl (C=O) groups excluding carboxylic acids is 1. The highest BCUT2D eigenvalue weighted by atomic mass is 32.2. The number of nitrogens with zero attached hydrogens (tertiary/aromatic N) is 4. The van der Waals surface area contributed by atoms with Crippen LogP contribution in [0.5, 0.6) is 5.75 Å². The van der Waals surface area contributed by atoms with E-state index in [1.807, 2.05) is 41.0 Å². The summed E-state index contributed by atoms with van der Waals surface area (Å²) < 4.78 is 12.9. The first-order valence-corrected chi connectivity index (χ1v) is 10.7. The fourth-order valence-electron chi connectivity index (χ4n) is 3.12. The number of nitriles is 1. The summed E-state index contributed by atoms with van der Waals surface area (Å²) in [5.41, 5.74) is 1.84. The molecule has 2 aromatic heterocycles. The van der Waals surface area contributed by atoms with Crippen molar-refractivity contribution >= 4 is 23.4 Å². The Morgan fingerprint density at radius 2 is 2.06 bits per heavy atom. The van der Waals surface area contributed by atoms with E-state index in [4.69, 9.17) is 14.4 Å². The molecular weight excluding hydrogens is 426 g/mol. The van der Waals surface area contributed by atoms with Gasteiger partial charge in [0.25, 0.3) is 0 Å². The number of thioether (sulfide) groups is 1. The zero-order valence-corrected chi connectivity index (χ0v) is 18.0. The molecule has 0 radical (unpaired) electrons. The van der Waals surface area contributed by atoms with Crippen molar-refractivity contribution < 1.29 is 13.9 Å². The topological polar surface area (TPSA) is 106 Å². The zero-order chi connectivity index (χ0) is 22.3. The van der Waals surface area contributed by atoms with Crippen LogP contribution < -0.4 is 10.1 Å². The van der Waals surface area contributed by atoms with Gasteiger partial charge in [0.1, 0.15) is 11.5 Å². The van der Waals surface area contributed by atoms with E-state index in [0.717, 1.165) is 11.3 Å². The molecule has 4 rings (SSSR count). The van der Waals surface area contributed by atoms with Gasteiger partial charge >= 0.3 is 0 Å². The van der Waals surface area contributed by atoms with Crippen molar-refractivity contribution in [1.82, 2.24) is 14.8 Å². The molecule has 0 bridgehead atoms. The van der Waals surface area contributed by atoms with Crippen LogP contribution in [0.1, 0.15) is 11.3 Å². The number of hydrogen-bond acceptors (Lipinski definition) is 7. The molecule has 32 heavy (non-hydrogen) atoms. The molecule has 2 heterocycles. The Morgan fingerprint density at radius 3 is 2.84 bits per heavy atom. The normalized spacial score (nSPS) is 10.5. The van der Waals surface area contributed by atoms with E-state index < -0.39 is 0 Å². The summed E-state index contributed by atoms with van der Waals surface area (Å²) in [4.78, 5) is 12.5. The van der Waals surface area contributed by atoms with Crippen molar-refractivity contribution in [2.24, 2.45) is 0 Å². The minimum atomic E-state index is -0.212. The number of para-hydroxylation sites is 1. The molecule has 0 aliphatic heterocycles. The Morgan fingerprint density at radius 1 is 1.19 bits per heavy atom. The molecule has 4 aromatic rings. The number of methoxy groups -OCH3 is 1. The Hall–Kier alpha value is -4.03. The van der Waals surface area contributed by atoms with Gasteiger partial charge in [-0.25, -0.2) is 0 Å². The molecule has 1 N–H and O–H groups in total. The molecule has 0 atom stereocenters. The lowest BCUT2D eigenvalue weighted by atomic mass is 10.2. The zero-order valence-electron chi connectivity index (χ0n) is 17.2. The van der Waals surface area contributed by atoms with E-state index in [0.29, 0.717) is 34.5 Å². The lowest BCUT2D eigenvalue weighted by Gasteiger charge is -2.11. The minimum absolute atomic E-state index is 0.124. The van der Waals surface area contributed by atoms with Crippen LogP contribution in [0.15, 0.2) is 76.5 Å². The number of carbonyl (C=O) groups is 1. The van der Waals surface area contributed by atoms with E-state index in [9.17, 15) is 4.79 Å². The number of amides is 1. The summed E-state index contributed by atoms with van der Waals surface area (Å²) in [6, 6.07) is 20.1. The van der Waals surface area contributed by atoms with Gasteiger partial charge in [0.2, 0.25) is 5.91 Å². The number of hydrogen-bond donors (Lipinski definition) is 1. The summed E-state index contributed by atoms with van der Waals surface area (Å²) in [6.07, 6.45) is 1.61. The van der Waals surface area contributed by atoms with Gasteiger partial charge in [-0.05, 0) is 42.5 Å². The predicted octanol–water partition coefficient (Wildman–Crippen LogP) is 4.20. The average molecular weight is 446 g/mol. The smallest absolute Gasteiger partial charge is 0.234 e. The third-order valence-corrected chi connectivity index (χ3v) is 5.53. The van der Waals surface area contributed by atoms with Crippen LogP contribution in [0.4, 0.5) is 5.69 Å². The first-order chi connectivity index (χ1) is 15.7. The van der Waals surface area contributed by atoms with E-state index in [2.05, 4.69) is 21.6 Å². The second-order valence-electron chi connectivity index (χ2n) is 6.70. The van der Waals surface area contributed by atoms with Gasteiger partial charge in [-0.15, -0.1) is 10.2 Å². The van der Waals surface area contributed by atoms with Crippen LogP contribution in [0.25, 0.3) is 11.4 Å². The van der Waals surface area contributed by atoms with Crippen molar-refractivity contribution in [3.05, 3.63) is 78.3 Å². The van der Waals surface area contributed by atoms with Crippen molar-refractivity contribution in [2.45, 2.75) is 11.7 Å². The molecule has 9 heteroatoms. The monoisotopic (exact) mass is 445 g/mol. The van der Waals surface area contributed by atoms with Crippen LogP contribution >= 0.6 is 11.8 Å². The predicted molar refractivity (Wildman–Crippen MR) is 120 cm³/mol. The Balaban J connectivity index is 1.56. The SMILES string of the molecule is COc1ccccc1-c1nnc(SCC(=O)Nc2cccc(C#N)c2)n1Cc1ccco1. The maximum absolute atomic E-state index is 12.5. The second-order valence-corrected chi connectivity index (χ2v) is 7.64. The highest BCUT2D eigenvalue weighted by Gasteiger charge is 2.19. The quantitative estimate of drug-likeness (QED) is 0.405. The Bertz CT molecular complexity index is 1260. The average Bonchev–Trinajstić information content (AvgIpc) is 3.48. The minimum Gasteiger partial charge on any atom is -0.496 e. The molecule has 0 aliphatic rings. The van der Waals surface area contributed by atoms with Gasteiger partial charge in [-0.1, -0.05) is 30.0 Å². The highest BCUT2D eigenvalue weighted by molar-refractivity contribution is 7.99. The van der Waals surface area contributed by atoms with E-state index >= 15 is 0 Å². The number of rotatable bonds is 8. The van der Waals surface area contributed by atoms with Gasteiger partial charge in [-0.2, -0.15) is 5.26 Å². The number of anilines is 1. The van der Waals surface area contributed by atoms with Gasteiger partial charge in [0, 0.05) is 5.69 Å². The fourth-order valence-corrected chi connectivity index (χ4v) is 3.86. The summed E-state index contributed by atoms with van der Waals surface area (Å²) in [6.45, 7) is 0.404. The van der Waals surface area contributed by atoms with E-state index in [-0.39, 0.29) is 11.7 Å². The first kappa shape index (κ1) is 21.2. The highest BCUT2D eigenvalue weighted by Crippen LogP contribution is 2.31. The van der Waals surface area contributed by atoms with Crippen LogP contribution in [0.3, 0.4) is 0 Å².